The molecule has 0 bridgehead atoms. The van der Waals surface area contributed by atoms with Crippen LogP contribution in [0.2, 0.25) is 5.02 Å². The molecule has 0 fully saturated rings. The average Bonchev–Trinajstić information content (AvgIpc) is 2.53. The molecule has 2 nitrogen and oxygen atoms in total. The van der Waals surface area contributed by atoms with Gasteiger partial charge in [-0.15, -0.1) is 0 Å². The lowest BCUT2D eigenvalue weighted by molar-refractivity contribution is 0.432. The predicted molar refractivity (Wildman–Crippen MR) is 46.9 cm³/mol. The summed E-state index contributed by atoms with van der Waals surface area (Å²) >= 11 is 5.82. The van der Waals surface area contributed by atoms with Gasteiger partial charge in [0.15, 0.2) is 5.76 Å². The van der Waals surface area contributed by atoms with Crippen molar-refractivity contribution in [2.45, 2.75) is 0 Å². The summed E-state index contributed by atoms with van der Waals surface area (Å²) < 4.78 is 4.97. The van der Waals surface area contributed by atoms with Gasteiger partial charge in [0.2, 0.25) is 0 Å². The molecule has 2 aromatic rings. The maximum Gasteiger partial charge on any atom is 0.185 e. The van der Waals surface area contributed by atoms with E-state index in [1.165, 1.54) is 6.20 Å². The Kier molecular flexibility index (Phi) is 1.84. The lowest BCUT2D eigenvalue weighted by atomic mass is 10.2. The van der Waals surface area contributed by atoms with Crippen LogP contribution in [0.25, 0.3) is 11.3 Å². The summed E-state index contributed by atoms with van der Waals surface area (Å²) in [5, 5.41) is 4.13. The molecule has 3 heteroatoms. The van der Waals surface area contributed by atoms with Gasteiger partial charge in [-0.25, -0.2) is 0 Å². The van der Waals surface area contributed by atoms with Crippen molar-refractivity contribution in [3.05, 3.63) is 41.6 Å². The number of hydrogen-bond donors (Lipinski definition) is 0. The summed E-state index contributed by atoms with van der Waals surface area (Å²) in [6.07, 6.45) is 1.49. The second kappa shape index (κ2) is 2.99. The van der Waals surface area contributed by atoms with Gasteiger partial charge in [-0.1, -0.05) is 47.1 Å². The van der Waals surface area contributed by atoms with E-state index in [9.17, 15) is 0 Å². The van der Waals surface area contributed by atoms with Crippen LogP contribution in [0.3, 0.4) is 0 Å². The molecule has 0 unspecified atom stereocenters. The van der Waals surface area contributed by atoms with Crippen molar-refractivity contribution in [3.8, 4) is 11.3 Å². The SMILES string of the molecule is Clc1cnoc1-c1ccccc1. The van der Waals surface area contributed by atoms with Crippen LogP contribution < -0.4 is 0 Å². The molecule has 0 amide bonds. The Morgan fingerprint density at radius 2 is 1.92 bits per heavy atom. The first-order valence-electron chi connectivity index (χ1n) is 3.53. The third-order valence-electron chi connectivity index (χ3n) is 1.56. The fourth-order valence-corrected chi connectivity index (χ4v) is 1.19. The smallest absolute Gasteiger partial charge is 0.185 e. The molecule has 1 aromatic carbocycles. The van der Waals surface area contributed by atoms with Gasteiger partial charge >= 0.3 is 0 Å². The lowest BCUT2D eigenvalue weighted by Gasteiger charge is -1.93. The van der Waals surface area contributed by atoms with Crippen molar-refractivity contribution in [1.82, 2.24) is 5.16 Å². The maximum absolute atomic E-state index is 5.82. The van der Waals surface area contributed by atoms with E-state index in [2.05, 4.69) is 5.16 Å². The molecule has 0 spiro atoms. The van der Waals surface area contributed by atoms with E-state index in [-0.39, 0.29) is 0 Å². The molecule has 60 valence electrons. The largest absolute Gasteiger partial charge is 0.355 e. The molecule has 0 aliphatic rings. The third-order valence-corrected chi connectivity index (χ3v) is 1.83. The van der Waals surface area contributed by atoms with Gasteiger partial charge in [0.1, 0.15) is 5.02 Å². The van der Waals surface area contributed by atoms with Crippen molar-refractivity contribution in [2.24, 2.45) is 0 Å². The number of nitrogens with zero attached hydrogens (tertiary/aromatic N) is 1. The zero-order valence-corrected chi connectivity index (χ0v) is 6.95. The van der Waals surface area contributed by atoms with E-state index in [1.807, 2.05) is 30.3 Å². The molecule has 0 saturated heterocycles. The van der Waals surface area contributed by atoms with Gasteiger partial charge in [-0.3, -0.25) is 0 Å². The Morgan fingerprint density at radius 3 is 2.50 bits per heavy atom. The summed E-state index contributed by atoms with van der Waals surface area (Å²) in [6, 6.07) is 9.63. The van der Waals surface area contributed by atoms with Gasteiger partial charge in [0.05, 0.1) is 6.20 Å². The van der Waals surface area contributed by atoms with E-state index in [4.69, 9.17) is 16.1 Å². The molecule has 1 aromatic heterocycles. The van der Waals surface area contributed by atoms with E-state index >= 15 is 0 Å². The van der Waals surface area contributed by atoms with Crippen LogP contribution in [0.4, 0.5) is 0 Å². The summed E-state index contributed by atoms with van der Waals surface area (Å²) in [7, 11) is 0. The number of aromatic nitrogens is 1. The zero-order chi connectivity index (χ0) is 8.39. The Morgan fingerprint density at radius 1 is 1.17 bits per heavy atom. The zero-order valence-electron chi connectivity index (χ0n) is 6.20. The highest BCUT2D eigenvalue weighted by Gasteiger charge is 2.06. The predicted octanol–water partition coefficient (Wildman–Crippen LogP) is 3.00. The van der Waals surface area contributed by atoms with Crippen LogP contribution in [0.15, 0.2) is 41.1 Å². The second-order valence-corrected chi connectivity index (χ2v) is 2.78. The second-order valence-electron chi connectivity index (χ2n) is 2.37. The van der Waals surface area contributed by atoms with Crippen LogP contribution in [0.1, 0.15) is 0 Å². The van der Waals surface area contributed by atoms with E-state index in [1.54, 1.807) is 0 Å². The molecule has 2 rings (SSSR count). The van der Waals surface area contributed by atoms with Crippen molar-refractivity contribution < 1.29 is 4.52 Å². The first-order valence-corrected chi connectivity index (χ1v) is 3.91. The maximum atomic E-state index is 5.82. The van der Waals surface area contributed by atoms with Crippen LogP contribution in [0.5, 0.6) is 0 Å². The first kappa shape index (κ1) is 7.37. The summed E-state index contributed by atoms with van der Waals surface area (Å²) in [5.41, 5.74) is 0.944. The van der Waals surface area contributed by atoms with Gasteiger partial charge in [0, 0.05) is 5.56 Å². The summed E-state index contributed by atoms with van der Waals surface area (Å²) in [5.74, 6) is 0.622. The molecular formula is C9H6ClNO. The van der Waals surface area contributed by atoms with Crippen LogP contribution in [-0.2, 0) is 0 Å². The molecule has 12 heavy (non-hydrogen) atoms. The Hall–Kier alpha value is -1.28. The summed E-state index contributed by atoms with van der Waals surface area (Å²) in [4.78, 5) is 0. The van der Waals surface area contributed by atoms with Gasteiger partial charge in [-0.2, -0.15) is 0 Å². The van der Waals surface area contributed by atoms with E-state index in [0.29, 0.717) is 10.8 Å². The first-order chi connectivity index (χ1) is 5.88. The molecule has 0 aliphatic carbocycles. The molecule has 0 saturated carbocycles. The summed E-state index contributed by atoms with van der Waals surface area (Å²) in [6.45, 7) is 0. The number of hydrogen-bond acceptors (Lipinski definition) is 2. The standard InChI is InChI=1S/C9H6ClNO/c10-8-6-11-12-9(8)7-4-2-1-3-5-7/h1-6H. The highest BCUT2D eigenvalue weighted by atomic mass is 35.5. The minimum atomic E-state index is 0.543. The Balaban J connectivity index is 2.51. The van der Waals surface area contributed by atoms with Crippen LogP contribution >= 0.6 is 11.6 Å². The van der Waals surface area contributed by atoms with E-state index in [0.717, 1.165) is 5.56 Å². The lowest BCUT2D eigenvalue weighted by Crippen LogP contribution is -1.71. The Bertz CT molecular complexity index is 369. The molecule has 0 aliphatic heterocycles. The third kappa shape index (κ3) is 1.21. The van der Waals surface area contributed by atoms with Gasteiger partial charge in [0.25, 0.3) is 0 Å². The van der Waals surface area contributed by atoms with Crippen LogP contribution in [-0.4, -0.2) is 5.16 Å². The quantitative estimate of drug-likeness (QED) is 0.673. The van der Waals surface area contributed by atoms with Gasteiger partial charge in [-0.05, 0) is 0 Å². The normalized spacial score (nSPS) is 10.1. The molecule has 0 N–H and O–H groups in total. The van der Waals surface area contributed by atoms with Gasteiger partial charge < -0.3 is 4.52 Å². The van der Waals surface area contributed by atoms with Crippen molar-refractivity contribution in [3.63, 3.8) is 0 Å². The number of halogens is 1. The van der Waals surface area contributed by atoms with Crippen LogP contribution in [0, 0.1) is 0 Å². The Labute approximate surface area is 74.8 Å². The fraction of sp³-hybridized carbons (Fsp3) is 0. The minimum Gasteiger partial charge on any atom is -0.355 e. The monoisotopic (exact) mass is 179 g/mol. The molecule has 0 radical (unpaired) electrons. The number of rotatable bonds is 1. The topological polar surface area (TPSA) is 26.0 Å². The number of benzene rings is 1. The molecular weight excluding hydrogens is 174 g/mol. The minimum absolute atomic E-state index is 0.543. The average molecular weight is 180 g/mol. The molecule has 1 heterocycles. The highest BCUT2D eigenvalue weighted by molar-refractivity contribution is 6.32. The van der Waals surface area contributed by atoms with Crippen molar-refractivity contribution >= 4 is 11.6 Å². The van der Waals surface area contributed by atoms with Crippen molar-refractivity contribution in [1.29, 1.82) is 0 Å². The molecule has 0 atom stereocenters. The highest BCUT2D eigenvalue weighted by Crippen LogP contribution is 2.26. The van der Waals surface area contributed by atoms with Crippen molar-refractivity contribution in [2.75, 3.05) is 0 Å². The fourth-order valence-electron chi connectivity index (χ4n) is 1.01. The van der Waals surface area contributed by atoms with E-state index < -0.39 is 0 Å².